The monoisotopic (exact) mass is 778 g/mol. The van der Waals surface area contributed by atoms with Crippen molar-refractivity contribution in [3.8, 4) is 0 Å². The van der Waals surface area contributed by atoms with Crippen LogP contribution < -0.4 is 21.3 Å². The fourth-order valence-corrected chi connectivity index (χ4v) is 9.62. The quantitative estimate of drug-likeness (QED) is 0.147. The van der Waals surface area contributed by atoms with Crippen molar-refractivity contribution in [3.63, 3.8) is 0 Å². The number of nitrogens with one attached hydrogen (secondary N) is 4. The number of rotatable bonds is 14. The van der Waals surface area contributed by atoms with E-state index >= 15 is 0 Å². The molecule has 1 saturated heterocycles. The minimum Gasteiger partial charge on any atom is -0.440 e. The molecule has 290 valence electrons. The van der Waals surface area contributed by atoms with E-state index in [1.807, 2.05) is 30.3 Å². The summed E-state index contributed by atoms with van der Waals surface area (Å²) < 4.78 is 6.29. The van der Waals surface area contributed by atoms with Crippen LogP contribution in [0.15, 0.2) is 48.5 Å². The molecular formula is C42H52Cl2N4O6. The van der Waals surface area contributed by atoms with Crippen LogP contribution in [0.5, 0.6) is 0 Å². The van der Waals surface area contributed by atoms with E-state index in [4.69, 9.17) is 27.9 Å². The lowest BCUT2D eigenvalue weighted by Crippen LogP contribution is -2.55. The molecule has 2 aromatic rings. The topological polar surface area (TPSA) is 143 Å². The molecule has 3 unspecified atom stereocenters. The molecule has 0 radical (unpaired) electrons. The zero-order valence-corrected chi connectivity index (χ0v) is 32.3. The Morgan fingerprint density at radius 1 is 0.796 bits per heavy atom. The van der Waals surface area contributed by atoms with Crippen molar-refractivity contribution in [2.24, 2.45) is 11.8 Å². The van der Waals surface area contributed by atoms with E-state index in [1.165, 1.54) is 0 Å². The summed E-state index contributed by atoms with van der Waals surface area (Å²) in [4.78, 5) is 68.6. The molecule has 4 N–H and O–H groups in total. The number of ketones is 1. The van der Waals surface area contributed by atoms with Crippen molar-refractivity contribution in [2.45, 2.75) is 144 Å². The fraction of sp³-hybridized carbons (Fsp3) is 0.595. The molecule has 4 aliphatic carbocycles. The Bertz CT molecular complexity index is 1730. The lowest BCUT2D eigenvalue weighted by atomic mass is 9.78. The van der Waals surface area contributed by atoms with Crippen LogP contribution in [0.1, 0.15) is 126 Å². The van der Waals surface area contributed by atoms with Gasteiger partial charge in [0, 0.05) is 33.0 Å². The van der Waals surface area contributed by atoms with E-state index < -0.39 is 53.2 Å². The van der Waals surface area contributed by atoms with E-state index in [-0.39, 0.29) is 29.8 Å². The zero-order valence-electron chi connectivity index (χ0n) is 30.8. The number of hydrogen-bond acceptors (Lipinski definition) is 6. The first-order valence-corrected chi connectivity index (χ1v) is 20.7. The van der Waals surface area contributed by atoms with Gasteiger partial charge in [0.2, 0.25) is 17.6 Å². The van der Waals surface area contributed by atoms with Gasteiger partial charge in [-0.3, -0.25) is 19.2 Å². The van der Waals surface area contributed by atoms with Crippen LogP contribution in [0.2, 0.25) is 10.0 Å². The van der Waals surface area contributed by atoms with Crippen LogP contribution in [-0.2, 0) is 29.3 Å². The number of carbonyl (C=O) groups is 5. The third-order valence-corrected chi connectivity index (χ3v) is 12.9. The average molecular weight is 780 g/mol. The number of halogens is 2. The van der Waals surface area contributed by atoms with Crippen molar-refractivity contribution in [3.05, 3.63) is 69.7 Å². The molecule has 7 rings (SSSR count). The van der Waals surface area contributed by atoms with Gasteiger partial charge in [0.05, 0.1) is 6.04 Å². The lowest BCUT2D eigenvalue weighted by molar-refractivity contribution is -0.141. The summed E-state index contributed by atoms with van der Waals surface area (Å²) in [6.45, 7) is 0. The molecular weight excluding hydrogens is 727 g/mol. The van der Waals surface area contributed by atoms with Gasteiger partial charge < -0.3 is 26.0 Å². The van der Waals surface area contributed by atoms with E-state index in [9.17, 15) is 24.0 Å². The summed E-state index contributed by atoms with van der Waals surface area (Å²) in [5, 5.41) is 12.8. The first-order valence-electron chi connectivity index (χ1n) is 20.0. The molecule has 1 spiro atoms. The zero-order chi connectivity index (χ0) is 37.9. The van der Waals surface area contributed by atoms with E-state index in [0.717, 1.165) is 101 Å². The second kappa shape index (κ2) is 16.6. The second-order valence-electron chi connectivity index (χ2n) is 16.6. The molecule has 0 aromatic heterocycles. The van der Waals surface area contributed by atoms with Gasteiger partial charge in [-0.1, -0.05) is 98.8 Å². The van der Waals surface area contributed by atoms with Crippen LogP contribution in [-0.4, -0.2) is 53.3 Å². The summed E-state index contributed by atoms with van der Waals surface area (Å²) in [7, 11) is 0. The Balaban J connectivity index is 1.11. The largest absolute Gasteiger partial charge is 0.440 e. The van der Waals surface area contributed by atoms with E-state index in [1.54, 1.807) is 18.2 Å². The summed E-state index contributed by atoms with van der Waals surface area (Å²) in [6.07, 6.45) is 12.5. The maximum Gasteiger partial charge on any atom is 0.408 e. The van der Waals surface area contributed by atoms with Gasteiger partial charge >= 0.3 is 6.09 Å². The maximum absolute atomic E-state index is 14.3. The van der Waals surface area contributed by atoms with Crippen LogP contribution in [0, 0.1) is 11.8 Å². The van der Waals surface area contributed by atoms with Crippen LogP contribution in [0.25, 0.3) is 0 Å². The fourth-order valence-electron chi connectivity index (χ4n) is 9.23. The minimum atomic E-state index is -1.23. The molecule has 54 heavy (non-hydrogen) atoms. The Morgan fingerprint density at radius 2 is 1.48 bits per heavy atom. The predicted octanol–water partition coefficient (Wildman–Crippen LogP) is 7.39. The minimum absolute atomic E-state index is 0.00976. The van der Waals surface area contributed by atoms with Crippen molar-refractivity contribution < 1.29 is 28.7 Å². The van der Waals surface area contributed by atoms with Crippen molar-refractivity contribution in [1.29, 1.82) is 0 Å². The van der Waals surface area contributed by atoms with Gasteiger partial charge in [0.1, 0.15) is 12.1 Å². The van der Waals surface area contributed by atoms with Crippen LogP contribution in [0.3, 0.4) is 0 Å². The van der Waals surface area contributed by atoms with Crippen molar-refractivity contribution in [1.82, 2.24) is 21.3 Å². The van der Waals surface area contributed by atoms with Gasteiger partial charge in [0.15, 0.2) is 0 Å². The van der Waals surface area contributed by atoms with Gasteiger partial charge in [-0.15, -0.1) is 0 Å². The highest BCUT2D eigenvalue weighted by atomic mass is 35.5. The second-order valence-corrected chi connectivity index (χ2v) is 17.5. The van der Waals surface area contributed by atoms with E-state index in [0.29, 0.717) is 22.9 Å². The first-order chi connectivity index (χ1) is 26.0. The molecule has 1 aliphatic heterocycles. The Labute approximate surface area is 327 Å². The molecule has 4 atom stereocenters. The molecule has 12 heteroatoms. The standard InChI is InChI=1S/C42H52Cl2N4O6/c43-30-13-7-11-27(22-30)36(42(19-20-42)29-12-8-14-31(44)24-29)54-40(53)47-34(21-26-9-3-1-4-10-26)38(51)46-33(35(49)39(52)45-32-15-16-32)23-28-25-41(48-37(28)50)17-5-2-6-18-41/h7-8,11-14,22,24,26,28,32-34,36H,1-6,9-10,15-21,23,25H2,(H,45,52)(H,46,51)(H,47,53)(H,48,50)/t28?,33?,34-,36?/m0/s1. The number of benzene rings is 2. The maximum atomic E-state index is 14.3. The summed E-state index contributed by atoms with van der Waals surface area (Å²) in [6, 6.07) is 12.5. The molecule has 10 nitrogen and oxygen atoms in total. The summed E-state index contributed by atoms with van der Waals surface area (Å²) in [5.74, 6) is -2.60. The molecule has 5 fully saturated rings. The number of carbonyl (C=O) groups excluding carboxylic acids is 5. The SMILES string of the molecule is O=C(N[C@@H](CC1CCCCC1)C(=O)NC(CC1CC2(CCCCC2)NC1=O)C(=O)C(=O)NC1CC1)OC(c1cccc(Cl)c1)C1(c2cccc(Cl)c2)CC1. The highest BCUT2D eigenvalue weighted by molar-refractivity contribution is 6.38. The smallest absolute Gasteiger partial charge is 0.408 e. The number of amides is 4. The number of alkyl carbamates (subject to hydrolysis) is 1. The summed E-state index contributed by atoms with van der Waals surface area (Å²) in [5.41, 5.74) is 0.840. The number of hydrogen-bond donors (Lipinski definition) is 4. The third-order valence-electron chi connectivity index (χ3n) is 12.5. The van der Waals surface area contributed by atoms with E-state index in [2.05, 4.69) is 21.3 Å². The first kappa shape index (κ1) is 38.6. The molecule has 5 aliphatic rings. The molecule has 4 saturated carbocycles. The van der Waals surface area contributed by atoms with Gasteiger partial charge in [-0.25, -0.2) is 4.79 Å². The average Bonchev–Trinajstić information content (AvgIpc) is 4.10. The van der Waals surface area contributed by atoms with Crippen LogP contribution in [0.4, 0.5) is 4.79 Å². The molecule has 2 aromatic carbocycles. The van der Waals surface area contributed by atoms with Crippen molar-refractivity contribution >= 4 is 52.8 Å². The van der Waals surface area contributed by atoms with Crippen LogP contribution >= 0.6 is 23.2 Å². The predicted molar refractivity (Wildman–Crippen MR) is 206 cm³/mol. The number of Topliss-reactive ketones (excluding diaryl/α,β-unsaturated/α-hetero) is 1. The normalized spacial score (nSPS) is 23.4. The highest BCUT2D eigenvalue weighted by Crippen LogP contribution is 2.58. The summed E-state index contributed by atoms with van der Waals surface area (Å²) >= 11 is 12.8. The molecule has 0 bridgehead atoms. The molecule has 1 heterocycles. The Hall–Kier alpha value is -3.63. The number of ether oxygens (including phenoxy) is 1. The third kappa shape index (κ3) is 9.24. The van der Waals surface area contributed by atoms with Gasteiger partial charge in [0.25, 0.3) is 5.91 Å². The molecule has 4 amide bonds. The van der Waals surface area contributed by atoms with Crippen molar-refractivity contribution in [2.75, 3.05) is 0 Å². The Morgan fingerprint density at radius 3 is 2.15 bits per heavy atom. The lowest BCUT2D eigenvalue weighted by Gasteiger charge is -2.33. The Kier molecular flexibility index (Phi) is 11.9. The van der Waals surface area contributed by atoms with Gasteiger partial charge in [-0.05, 0) is 99.1 Å². The highest BCUT2D eigenvalue weighted by Gasteiger charge is 2.54. The van der Waals surface area contributed by atoms with Gasteiger partial charge in [-0.2, -0.15) is 0 Å².